The van der Waals surface area contributed by atoms with Crippen LogP contribution in [-0.4, -0.2) is 18.1 Å². The van der Waals surface area contributed by atoms with E-state index in [2.05, 4.69) is 23.2 Å². The Kier molecular flexibility index (Phi) is 3.31. The molecule has 3 aromatic rings. The van der Waals surface area contributed by atoms with Crippen molar-refractivity contribution < 1.29 is 9.53 Å². The molecule has 1 aliphatic carbocycles. The van der Waals surface area contributed by atoms with Gasteiger partial charge >= 0.3 is 5.97 Å². The maximum Gasteiger partial charge on any atom is 0.337 e. The molecule has 24 heavy (non-hydrogen) atoms. The van der Waals surface area contributed by atoms with Crippen molar-refractivity contribution in [2.45, 2.75) is 6.42 Å². The second kappa shape index (κ2) is 5.49. The van der Waals surface area contributed by atoms with E-state index in [4.69, 9.17) is 10.5 Å². The van der Waals surface area contributed by atoms with Gasteiger partial charge in [-0.05, 0) is 41.3 Å². The van der Waals surface area contributed by atoms with Crippen LogP contribution in [0.3, 0.4) is 0 Å². The van der Waals surface area contributed by atoms with Crippen LogP contribution in [-0.2, 0) is 11.2 Å². The number of methoxy groups -OCH3 is 1. The van der Waals surface area contributed by atoms with Gasteiger partial charge in [0.1, 0.15) is 5.82 Å². The number of allylic oxidation sites excluding steroid dienone is 1. The van der Waals surface area contributed by atoms with Crippen LogP contribution in [0, 0.1) is 0 Å². The van der Waals surface area contributed by atoms with Gasteiger partial charge in [0.05, 0.1) is 18.2 Å². The van der Waals surface area contributed by atoms with E-state index in [1.807, 2.05) is 24.3 Å². The molecule has 0 bridgehead atoms. The first kappa shape index (κ1) is 14.5. The number of nitrogens with zero attached hydrogens (tertiary/aromatic N) is 1. The highest BCUT2D eigenvalue weighted by Crippen LogP contribution is 2.38. The van der Waals surface area contributed by atoms with Gasteiger partial charge < -0.3 is 10.5 Å². The largest absolute Gasteiger partial charge is 0.465 e. The quantitative estimate of drug-likeness (QED) is 0.732. The Labute approximate surface area is 139 Å². The number of carbonyl (C=O) groups is 1. The number of ether oxygens (including phenoxy) is 1. The molecule has 2 aromatic carbocycles. The van der Waals surface area contributed by atoms with Crippen molar-refractivity contribution >= 4 is 34.3 Å². The summed E-state index contributed by atoms with van der Waals surface area (Å²) in [5, 5.41) is 1.02. The monoisotopic (exact) mass is 316 g/mol. The lowest BCUT2D eigenvalue weighted by molar-refractivity contribution is 0.0601. The fraction of sp³-hybridized carbons (Fsp3) is 0.100. The normalized spacial score (nSPS) is 12.8. The summed E-state index contributed by atoms with van der Waals surface area (Å²) in [7, 11) is 1.37. The highest BCUT2D eigenvalue weighted by Gasteiger charge is 2.21. The van der Waals surface area contributed by atoms with Crippen LogP contribution in [0.1, 0.15) is 27.0 Å². The number of pyridine rings is 1. The van der Waals surface area contributed by atoms with Crippen LogP contribution in [0.4, 0.5) is 5.82 Å². The smallest absolute Gasteiger partial charge is 0.337 e. The Bertz CT molecular complexity index is 991. The van der Waals surface area contributed by atoms with Gasteiger partial charge in [0.25, 0.3) is 0 Å². The Hall–Kier alpha value is -3.14. The van der Waals surface area contributed by atoms with Crippen LogP contribution >= 0.6 is 0 Å². The summed E-state index contributed by atoms with van der Waals surface area (Å²) < 4.78 is 4.77. The summed E-state index contributed by atoms with van der Waals surface area (Å²) in [6.45, 7) is 0. The fourth-order valence-electron chi connectivity index (χ4n) is 3.22. The van der Waals surface area contributed by atoms with Crippen LogP contribution < -0.4 is 5.73 Å². The third-order valence-electron chi connectivity index (χ3n) is 4.42. The van der Waals surface area contributed by atoms with Gasteiger partial charge in [-0.1, -0.05) is 36.4 Å². The molecule has 1 aromatic heterocycles. The zero-order valence-corrected chi connectivity index (χ0v) is 13.2. The fourth-order valence-corrected chi connectivity index (χ4v) is 3.22. The van der Waals surface area contributed by atoms with E-state index in [0.29, 0.717) is 11.4 Å². The van der Waals surface area contributed by atoms with Gasteiger partial charge in [0, 0.05) is 10.9 Å². The lowest BCUT2D eigenvalue weighted by Crippen LogP contribution is -2.03. The lowest BCUT2D eigenvalue weighted by atomic mass is 10.00. The SMILES string of the molecule is COC(=O)c1ccc2c3c(c(N)nc2c1)C=C(c1ccccc1)C3. The van der Waals surface area contributed by atoms with E-state index in [1.54, 1.807) is 12.1 Å². The van der Waals surface area contributed by atoms with Crippen LogP contribution in [0.15, 0.2) is 48.5 Å². The molecule has 118 valence electrons. The van der Waals surface area contributed by atoms with Crippen molar-refractivity contribution in [2.75, 3.05) is 12.8 Å². The average molecular weight is 316 g/mol. The minimum absolute atomic E-state index is 0.374. The predicted octanol–water partition coefficient (Wildman–Crippen LogP) is 3.70. The number of aromatic nitrogens is 1. The number of nitrogens with two attached hydrogens (primary N) is 1. The summed E-state index contributed by atoms with van der Waals surface area (Å²) in [5.41, 5.74) is 11.9. The highest BCUT2D eigenvalue weighted by molar-refractivity contribution is 6.01. The van der Waals surface area contributed by atoms with Crippen molar-refractivity contribution in [3.63, 3.8) is 0 Å². The van der Waals surface area contributed by atoms with Gasteiger partial charge in [-0.2, -0.15) is 0 Å². The number of anilines is 1. The lowest BCUT2D eigenvalue weighted by Gasteiger charge is -2.09. The Morgan fingerprint density at radius 2 is 1.96 bits per heavy atom. The topological polar surface area (TPSA) is 65.2 Å². The van der Waals surface area contributed by atoms with Crippen molar-refractivity contribution in [1.82, 2.24) is 4.98 Å². The Morgan fingerprint density at radius 1 is 1.17 bits per heavy atom. The number of esters is 1. The van der Waals surface area contributed by atoms with Crippen molar-refractivity contribution in [2.24, 2.45) is 0 Å². The molecule has 4 rings (SSSR count). The summed E-state index contributed by atoms with van der Waals surface area (Å²) in [6.07, 6.45) is 2.92. The van der Waals surface area contributed by atoms with Crippen LogP contribution in [0.2, 0.25) is 0 Å². The van der Waals surface area contributed by atoms with Crippen molar-refractivity contribution in [1.29, 1.82) is 0 Å². The molecule has 1 aliphatic rings. The molecule has 0 spiro atoms. The average Bonchev–Trinajstić information content (AvgIpc) is 3.07. The molecule has 0 amide bonds. The van der Waals surface area contributed by atoms with E-state index in [0.717, 1.165) is 28.5 Å². The first-order chi connectivity index (χ1) is 11.7. The molecule has 4 heteroatoms. The van der Waals surface area contributed by atoms with Gasteiger partial charge in [-0.3, -0.25) is 0 Å². The Morgan fingerprint density at radius 3 is 2.71 bits per heavy atom. The molecular weight excluding hydrogens is 300 g/mol. The Balaban J connectivity index is 1.83. The van der Waals surface area contributed by atoms with E-state index < -0.39 is 0 Å². The molecule has 0 radical (unpaired) electrons. The van der Waals surface area contributed by atoms with Crippen molar-refractivity contribution in [3.05, 3.63) is 70.8 Å². The van der Waals surface area contributed by atoms with Gasteiger partial charge in [0.2, 0.25) is 0 Å². The number of carbonyl (C=O) groups excluding carboxylic acids is 1. The molecule has 0 atom stereocenters. The van der Waals surface area contributed by atoms with Crippen LogP contribution in [0.5, 0.6) is 0 Å². The maximum absolute atomic E-state index is 11.7. The molecular formula is C20H16N2O2. The first-order valence-corrected chi connectivity index (χ1v) is 7.74. The van der Waals surface area contributed by atoms with Crippen molar-refractivity contribution in [3.8, 4) is 0 Å². The molecule has 1 heterocycles. The summed E-state index contributed by atoms with van der Waals surface area (Å²) in [6, 6.07) is 15.7. The molecule has 2 N–H and O–H groups in total. The molecule has 0 unspecified atom stereocenters. The number of hydrogen-bond donors (Lipinski definition) is 1. The molecule has 0 saturated heterocycles. The minimum atomic E-state index is -0.374. The molecule has 4 nitrogen and oxygen atoms in total. The van der Waals surface area contributed by atoms with Crippen LogP contribution in [0.25, 0.3) is 22.6 Å². The third-order valence-corrected chi connectivity index (χ3v) is 4.42. The highest BCUT2D eigenvalue weighted by atomic mass is 16.5. The van der Waals surface area contributed by atoms with E-state index in [9.17, 15) is 4.79 Å². The summed E-state index contributed by atoms with van der Waals surface area (Å²) in [4.78, 5) is 16.2. The molecule has 0 saturated carbocycles. The number of hydrogen-bond acceptors (Lipinski definition) is 4. The standard InChI is InChI=1S/C20H16N2O2/c1-24-20(23)13-7-8-15-16-9-14(12-5-3-2-4-6-12)10-17(16)19(21)22-18(15)11-13/h2-8,10-11H,9H2,1H3,(H2,21,22). The zero-order valence-electron chi connectivity index (χ0n) is 13.2. The number of benzene rings is 2. The van der Waals surface area contributed by atoms with E-state index in [-0.39, 0.29) is 5.97 Å². The van der Waals surface area contributed by atoms with Gasteiger partial charge in [-0.15, -0.1) is 0 Å². The van der Waals surface area contributed by atoms with Gasteiger partial charge in [0.15, 0.2) is 0 Å². The third kappa shape index (κ3) is 2.24. The number of rotatable bonds is 2. The first-order valence-electron chi connectivity index (χ1n) is 7.74. The molecule has 0 aliphatic heterocycles. The predicted molar refractivity (Wildman–Crippen MR) is 95.5 cm³/mol. The van der Waals surface area contributed by atoms with E-state index in [1.165, 1.54) is 18.2 Å². The zero-order chi connectivity index (χ0) is 16.7. The summed E-state index contributed by atoms with van der Waals surface area (Å²) in [5.74, 6) is 0.117. The number of fused-ring (bicyclic) bond motifs is 3. The second-order valence-corrected chi connectivity index (χ2v) is 5.83. The maximum atomic E-state index is 11.7. The van der Waals surface area contributed by atoms with E-state index >= 15 is 0 Å². The molecule has 0 fully saturated rings. The second-order valence-electron chi connectivity index (χ2n) is 5.83. The summed E-state index contributed by atoms with van der Waals surface area (Å²) >= 11 is 0. The van der Waals surface area contributed by atoms with Gasteiger partial charge in [-0.25, -0.2) is 9.78 Å². The minimum Gasteiger partial charge on any atom is -0.465 e. The number of nitrogen functional groups attached to an aromatic ring is 1.